The van der Waals surface area contributed by atoms with E-state index in [1.807, 2.05) is 24.3 Å². The molecule has 0 radical (unpaired) electrons. The molecule has 2 aliphatic heterocycles. The molecule has 0 aromatic heterocycles. The molecule has 3 heteroatoms. The number of likely N-dealkylation sites (tertiary alicyclic amines) is 1. The average Bonchev–Trinajstić information content (AvgIpc) is 2.56. The lowest BCUT2D eigenvalue weighted by Crippen LogP contribution is -2.38. The maximum atomic E-state index is 12.2. The van der Waals surface area contributed by atoms with Crippen LogP contribution in [0.25, 0.3) is 0 Å². The number of carbonyl (C=O) groups excluding carboxylic acids is 1. The summed E-state index contributed by atoms with van der Waals surface area (Å²) in [6.07, 6.45) is 9.96. The van der Waals surface area contributed by atoms with Crippen LogP contribution >= 0.6 is 0 Å². The van der Waals surface area contributed by atoms with Crippen molar-refractivity contribution < 1.29 is 4.79 Å². The van der Waals surface area contributed by atoms with E-state index in [9.17, 15) is 4.79 Å². The molecule has 0 spiro atoms. The van der Waals surface area contributed by atoms with Crippen LogP contribution in [0.15, 0.2) is 70.9 Å². The summed E-state index contributed by atoms with van der Waals surface area (Å²) < 4.78 is 0. The first kappa shape index (κ1) is 13.3. The molecule has 1 fully saturated rings. The SMILES string of the molecule is O=C1N=C2CCCN(Cc3ccccc3)C2=C2C=CC=CC12. The minimum Gasteiger partial charge on any atom is -0.365 e. The number of hydrogen-bond donors (Lipinski definition) is 0. The van der Waals surface area contributed by atoms with Gasteiger partial charge in [0.15, 0.2) is 0 Å². The second kappa shape index (κ2) is 5.41. The van der Waals surface area contributed by atoms with Crippen molar-refractivity contribution in [2.24, 2.45) is 10.9 Å². The number of benzene rings is 1. The van der Waals surface area contributed by atoms with Crippen molar-refractivity contribution >= 4 is 11.6 Å². The fourth-order valence-corrected chi connectivity index (χ4v) is 3.46. The van der Waals surface area contributed by atoms with Gasteiger partial charge in [-0.2, -0.15) is 0 Å². The molecule has 1 aromatic rings. The summed E-state index contributed by atoms with van der Waals surface area (Å²) in [6.45, 7) is 1.89. The van der Waals surface area contributed by atoms with Gasteiger partial charge in [-0.3, -0.25) is 4.79 Å². The highest BCUT2D eigenvalue weighted by Gasteiger charge is 2.34. The molecule has 3 aliphatic rings. The van der Waals surface area contributed by atoms with Gasteiger partial charge in [-0.1, -0.05) is 54.6 Å². The van der Waals surface area contributed by atoms with Crippen LogP contribution in [0.3, 0.4) is 0 Å². The molecule has 1 atom stereocenters. The normalized spacial score (nSPS) is 23.3. The van der Waals surface area contributed by atoms with Crippen molar-refractivity contribution in [3.63, 3.8) is 0 Å². The fourth-order valence-electron chi connectivity index (χ4n) is 3.46. The molecular formula is C19H18N2O. The standard InChI is InChI=1S/C19H18N2O/c22-19-16-10-5-4-9-15(16)18-17(20-19)11-6-12-21(18)13-14-7-2-1-3-8-14/h1-5,7-10,16H,6,11-13H2. The Morgan fingerprint density at radius 2 is 2.05 bits per heavy atom. The van der Waals surface area contributed by atoms with Crippen molar-refractivity contribution in [1.82, 2.24) is 4.90 Å². The Labute approximate surface area is 130 Å². The highest BCUT2D eigenvalue weighted by molar-refractivity contribution is 6.11. The lowest BCUT2D eigenvalue weighted by molar-refractivity contribution is -0.119. The van der Waals surface area contributed by atoms with Crippen LogP contribution < -0.4 is 0 Å². The van der Waals surface area contributed by atoms with Gasteiger partial charge in [-0.25, -0.2) is 4.99 Å². The molecule has 22 heavy (non-hydrogen) atoms. The second-order valence-corrected chi connectivity index (χ2v) is 5.93. The molecule has 3 nitrogen and oxygen atoms in total. The Morgan fingerprint density at radius 1 is 1.18 bits per heavy atom. The fraction of sp³-hybridized carbons (Fsp3) is 0.263. The van der Waals surface area contributed by atoms with Crippen LogP contribution in [-0.2, 0) is 11.3 Å². The third-order valence-electron chi connectivity index (χ3n) is 4.46. The van der Waals surface area contributed by atoms with E-state index < -0.39 is 0 Å². The third-order valence-corrected chi connectivity index (χ3v) is 4.46. The number of piperidine rings is 1. The van der Waals surface area contributed by atoms with Crippen molar-refractivity contribution in [3.05, 3.63) is 71.5 Å². The van der Waals surface area contributed by atoms with Crippen LogP contribution in [0, 0.1) is 5.92 Å². The molecule has 1 aromatic carbocycles. The number of dihydropyridines is 1. The summed E-state index contributed by atoms with van der Waals surface area (Å²) in [5.74, 6) is -0.212. The van der Waals surface area contributed by atoms with E-state index in [4.69, 9.17) is 0 Å². The van der Waals surface area contributed by atoms with Crippen molar-refractivity contribution in [3.8, 4) is 0 Å². The lowest BCUT2D eigenvalue weighted by atomic mass is 9.85. The molecular weight excluding hydrogens is 272 g/mol. The van der Waals surface area contributed by atoms with E-state index in [0.717, 1.165) is 37.2 Å². The van der Waals surface area contributed by atoms with Crippen molar-refractivity contribution in [2.75, 3.05) is 6.54 Å². The molecule has 110 valence electrons. The van der Waals surface area contributed by atoms with Crippen LogP contribution in [0.1, 0.15) is 18.4 Å². The van der Waals surface area contributed by atoms with Gasteiger partial charge >= 0.3 is 0 Å². The van der Waals surface area contributed by atoms with E-state index in [0.29, 0.717) is 0 Å². The van der Waals surface area contributed by atoms with Gasteiger partial charge in [0.2, 0.25) is 0 Å². The Balaban J connectivity index is 1.74. The number of carbonyl (C=O) groups is 1. The number of fused-ring (bicyclic) bond motifs is 2. The molecule has 0 saturated carbocycles. The van der Waals surface area contributed by atoms with Gasteiger partial charge in [0.1, 0.15) is 0 Å². The second-order valence-electron chi connectivity index (χ2n) is 5.93. The van der Waals surface area contributed by atoms with Gasteiger partial charge < -0.3 is 4.90 Å². The van der Waals surface area contributed by atoms with Crippen molar-refractivity contribution in [1.29, 1.82) is 0 Å². The highest BCUT2D eigenvalue weighted by atomic mass is 16.1. The number of aliphatic imine (C=N–C) groups is 1. The van der Waals surface area contributed by atoms with E-state index in [2.05, 4.69) is 40.2 Å². The Morgan fingerprint density at radius 3 is 2.91 bits per heavy atom. The number of hydrogen-bond acceptors (Lipinski definition) is 2. The monoisotopic (exact) mass is 290 g/mol. The predicted octanol–water partition coefficient (Wildman–Crippen LogP) is 3.26. The molecule has 0 N–H and O–H groups in total. The zero-order chi connectivity index (χ0) is 14.9. The van der Waals surface area contributed by atoms with Gasteiger partial charge in [0, 0.05) is 13.1 Å². The van der Waals surface area contributed by atoms with E-state index in [-0.39, 0.29) is 11.8 Å². The Hall–Kier alpha value is -2.42. The quantitative estimate of drug-likeness (QED) is 0.837. The number of rotatable bonds is 2. The third kappa shape index (κ3) is 2.23. The minimum absolute atomic E-state index is 0.0177. The van der Waals surface area contributed by atoms with Crippen LogP contribution in [0.5, 0.6) is 0 Å². The molecule has 2 heterocycles. The molecule has 1 amide bonds. The van der Waals surface area contributed by atoms with E-state index >= 15 is 0 Å². The first-order valence-electron chi connectivity index (χ1n) is 7.82. The zero-order valence-electron chi connectivity index (χ0n) is 12.4. The predicted molar refractivity (Wildman–Crippen MR) is 87.3 cm³/mol. The summed E-state index contributed by atoms with van der Waals surface area (Å²) in [5, 5.41) is 0. The summed E-state index contributed by atoms with van der Waals surface area (Å²) in [7, 11) is 0. The summed E-state index contributed by atoms with van der Waals surface area (Å²) >= 11 is 0. The van der Waals surface area contributed by atoms with Gasteiger partial charge in [-0.15, -0.1) is 0 Å². The van der Waals surface area contributed by atoms with Crippen molar-refractivity contribution in [2.45, 2.75) is 19.4 Å². The van der Waals surface area contributed by atoms with Gasteiger partial charge in [0.25, 0.3) is 5.91 Å². The smallest absolute Gasteiger partial charge is 0.257 e. The summed E-state index contributed by atoms with van der Waals surface area (Å²) in [4.78, 5) is 19.0. The van der Waals surface area contributed by atoms with E-state index in [1.54, 1.807) is 0 Å². The first-order chi connectivity index (χ1) is 10.8. The average molecular weight is 290 g/mol. The number of amides is 1. The molecule has 1 saturated heterocycles. The summed E-state index contributed by atoms with van der Waals surface area (Å²) in [6, 6.07) is 10.5. The van der Waals surface area contributed by atoms with Crippen LogP contribution in [0.4, 0.5) is 0 Å². The number of allylic oxidation sites excluding steroid dienone is 4. The maximum Gasteiger partial charge on any atom is 0.257 e. The molecule has 4 rings (SSSR count). The maximum absolute atomic E-state index is 12.2. The topological polar surface area (TPSA) is 32.7 Å². The van der Waals surface area contributed by atoms with Gasteiger partial charge in [0.05, 0.1) is 17.3 Å². The Kier molecular flexibility index (Phi) is 3.26. The molecule has 1 aliphatic carbocycles. The lowest BCUT2D eigenvalue weighted by Gasteiger charge is -2.37. The number of nitrogens with zero attached hydrogens (tertiary/aromatic N) is 2. The molecule has 0 bridgehead atoms. The molecule has 1 unspecified atom stereocenters. The van der Waals surface area contributed by atoms with Gasteiger partial charge in [-0.05, 0) is 24.0 Å². The first-order valence-corrected chi connectivity index (χ1v) is 7.82. The largest absolute Gasteiger partial charge is 0.365 e. The minimum atomic E-state index is -0.194. The highest BCUT2D eigenvalue weighted by Crippen LogP contribution is 2.34. The van der Waals surface area contributed by atoms with Crippen LogP contribution in [-0.4, -0.2) is 23.1 Å². The van der Waals surface area contributed by atoms with E-state index in [1.165, 1.54) is 11.3 Å². The van der Waals surface area contributed by atoms with Crippen LogP contribution in [0.2, 0.25) is 0 Å². The summed E-state index contributed by atoms with van der Waals surface area (Å²) in [5.41, 5.74) is 4.56. The zero-order valence-corrected chi connectivity index (χ0v) is 12.4. The Bertz CT molecular complexity index is 725.